The Labute approximate surface area is 103 Å². The van der Waals surface area contributed by atoms with Crippen LogP contribution in [0.25, 0.3) is 0 Å². The van der Waals surface area contributed by atoms with Crippen LogP contribution < -0.4 is 16.4 Å². The van der Waals surface area contributed by atoms with Gasteiger partial charge in [0.1, 0.15) is 0 Å². The molecular weight excluding hydrogens is 214 g/mol. The molecule has 0 fully saturated rings. The molecule has 1 aromatic rings. The molecule has 17 heavy (non-hydrogen) atoms. The smallest absolute Gasteiger partial charge is 0.239 e. The summed E-state index contributed by atoms with van der Waals surface area (Å²) in [6.07, 6.45) is 0. The number of nitrogens with two attached hydrogens (primary N) is 1. The van der Waals surface area contributed by atoms with E-state index in [1.54, 1.807) is 0 Å². The summed E-state index contributed by atoms with van der Waals surface area (Å²) in [7, 11) is 0. The number of nitrogen functional groups attached to an aromatic ring is 1. The van der Waals surface area contributed by atoms with Crippen molar-refractivity contribution in [3.63, 3.8) is 0 Å². The van der Waals surface area contributed by atoms with E-state index in [0.717, 1.165) is 16.9 Å². The lowest BCUT2D eigenvalue weighted by molar-refractivity contribution is -0.120. The Hall–Kier alpha value is -1.71. The highest BCUT2D eigenvalue weighted by atomic mass is 16.2. The Morgan fingerprint density at radius 3 is 2.59 bits per heavy atom. The second-order valence-electron chi connectivity index (χ2n) is 5.17. The first kappa shape index (κ1) is 13.4. The minimum Gasteiger partial charge on any atom is -0.398 e. The zero-order valence-corrected chi connectivity index (χ0v) is 10.9. The minimum atomic E-state index is -0.205. The van der Waals surface area contributed by atoms with Gasteiger partial charge in [-0.1, -0.05) is 6.07 Å². The topological polar surface area (TPSA) is 67.1 Å². The Bertz CT molecular complexity index is 408. The number of hydrogen-bond donors (Lipinski definition) is 3. The van der Waals surface area contributed by atoms with E-state index in [2.05, 4.69) is 10.6 Å². The SMILES string of the molecule is Cc1c(N)cccc1NCC(=O)NC(C)(C)C. The molecule has 94 valence electrons. The third-order valence-corrected chi connectivity index (χ3v) is 2.33. The molecule has 0 aliphatic heterocycles. The van der Waals surface area contributed by atoms with Gasteiger partial charge in [0.05, 0.1) is 6.54 Å². The van der Waals surface area contributed by atoms with Gasteiger partial charge in [-0.25, -0.2) is 0 Å². The summed E-state index contributed by atoms with van der Waals surface area (Å²) in [5.74, 6) is -0.0284. The van der Waals surface area contributed by atoms with Crippen molar-refractivity contribution in [3.05, 3.63) is 23.8 Å². The van der Waals surface area contributed by atoms with Crippen molar-refractivity contribution in [2.45, 2.75) is 33.2 Å². The van der Waals surface area contributed by atoms with Crippen LogP contribution >= 0.6 is 0 Å². The van der Waals surface area contributed by atoms with Crippen molar-refractivity contribution in [1.82, 2.24) is 5.32 Å². The average molecular weight is 235 g/mol. The number of benzene rings is 1. The number of carbonyl (C=O) groups excluding carboxylic acids is 1. The second-order valence-corrected chi connectivity index (χ2v) is 5.17. The standard InChI is InChI=1S/C13H21N3O/c1-9-10(14)6-5-7-11(9)15-8-12(17)16-13(2,3)4/h5-7,15H,8,14H2,1-4H3,(H,16,17). The molecule has 0 unspecified atom stereocenters. The summed E-state index contributed by atoms with van der Waals surface area (Å²) in [5.41, 5.74) is 8.18. The van der Waals surface area contributed by atoms with E-state index in [1.807, 2.05) is 45.9 Å². The van der Waals surface area contributed by atoms with Gasteiger partial charge in [0.2, 0.25) is 5.91 Å². The maximum Gasteiger partial charge on any atom is 0.239 e. The van der Waals surface area contributed by atoms with Crippen molar-refractivity contribution < 1.29 is 4.79 Å². The molecule has 1 rings (SSSR count). The highest BCUT2D eigenvalue weighted by molar-refractivity contribution is 5.82. The van der Waals surface area contributed by atoms with Crippen molar-refractivity contribution in [2.24, 2.45) is 0 Å². The van der Waals surface area contributed by atoms with Crippen molar-refractivity contribution in [3.8, 4) is 0 Å². The Morgan fingerprint density at radius 2 is 2.00 bits per heavy atom. The van der Waals surface area contributed by atoms with Gasteiger partial charge in [0.25, 0.3) is 0 Å². The molecule has 0 bridgehead atoms. The molecule has 0 atom stereocenters. The summed E-state index contributed by atoms with van der Waals surface area (Å²) in [5, 5.41) is 5.97. The first-order valence-corrected chi connectivity index (χ1v) is 5.69. The molecule has 0 saturated carbocycles. The van der Waals surface area contributed by atoms with E-state index in [4.69, 9.17) is 5.73 Å². The van der Waals surface area contributed by atoms with Gasteiger partial charge in [0.15, 0.2) is 0 Å². The van der Waals surface area contributed by atoms with Crippen LogP contribution in [-0.4, -0.2) is 18.0 Å². The second kappa shape index (κ2) is 5.08. The number of nitrogens with one attached hydrogen (secondary N) is 2. The lowest BCUT2D eigenvalue weighted by Crippen LogP contribution is -2.43. The Kier molecular flexibility index (Phi) is 3.99. The number of anilines is 2. The molecule has 0 spiro atoms. The molecule has 4 N–H and O–H groups in total. The Morgan fingerprint density at radius 1 is 1.35 bits per heavy atom. The van der Waals surface area contributed by atoms with E-state index in [-0.39, 0.29) is 18.0 Å². The van der Waals surface area contributed by atoms with E-state index in [1.165, 1.54) is 0 Å². The van der Waals surface area contributed by atoms with Crippen LogP contribution in [-0.2, 0) is 4.79 Å². The predicted octanol–water partition coefficient (Wildman–Crippen LogP) is 1.90. The lowest BCUT2D eigenvalue weighted by Gasteiger charge is -2.21. The first-order valence-electron chi connectivity index (χ1n) is 5.69. The van der Waals surface area contributed by atoms with Gasteiger partial charge in [0, 0.05) is 16.9 Å². The zero-order valence-electron chi connectivity index (χ0n) is 10.9. The molecule has 0 aromatic heterocycles. The van der Waals surface area contributed by atoms with Crippen LogP contribution in [0.5, 0.6) is 0 Å². The van der Waals surface area contributed by atoms with Gasteiger partial charge in [-0.05, 0) is 45.4 Å². The van der Waals surface area contributed by atoms with Gasteiger partial charge in [-0.15, -0.1) is 0 Å². The molecule has 0 heterocycles. The van der Waals surface area contributed by atoms with Crippen molar-refractivity contribution in [1.29, 1.82) is 0 Å². The lowest BCUT2D eigenvalue weighted by atomic mass is 10.1. The first-order chi connectivity index (χ1) is 7.79. The molecule has 0 aliphatic rings. The van der Waals surface area contributed by atoms with Crippen LogP contribution in [0.15, 0.2) is 18.2 Å². The van der Waals surface area contributed by atoms with Crippen molar-refractivity contribution >= 4 is 17.3 Å². The number of rotatable bonds is 3. The fraction of sp³-hybridized carbons (Fsp3) is 0.462. The maximum atomic E-state index is 11.6. The molecule has 0 aliphatic carbocycles. The molecule has 1 amide bonds. The normalized spacial score (nSPS) is 11.1. The van der Waals surface area contributed by atoms with E-state index >= 15 is 0 Å². The van der Waals surface area contributed by atoms with Gasteiger partial charge >= 0.3 is 0 Å². The van der Waals surface area contributed by atoms with Crippen LogP contribution in [0.3, 0.4) is 0 Å². The number of hydrogen-bond acceptors (Lipinski definition) is 3. The van der Waals surface area contributed by atoms with Crippen LogP contribution in [0, 0.1) is 6.92 Å². The molecule has 4 nitrogen and oxygen atoms in total. The largest absolute Gasteiger partial charge is 0.398 e. The van der Waals surface area contributed by atoms with E-state index < -0.39 is 0 Å². The molecule has 4 heteroatoms. The fourth-order valence-corrected chi connectivity index (χ4v) is 1.48. The summed E-state index contributed by atoms with van der Waals surface area (Å²) >= 11 is 0. The Balaban J connectivity index is 2.56. The summed E-state index contributed by atoms with van der Waals surface area (Å²) in [6, 6.07) is 5.62. The van der Waals surface area contributed by atoms with Crippen LogP contribution in [0.2, 0.25) is 0 Å². The summed E-state index contributed by atoms with van der Waals surface area (Å²) < 4.78 is 0. The molecular formula is C13H21N3O. The number of carbonyl (C=O) groups is 1. The number of amides is 1. The monoisotopic (exact) mass is 235 g/mol. The average Bonchev–Trinajstić information content (AvgIpc) is 2.18. The highest BCUT2D eigenvalue weighted by Gasteiger charge is 2.13. The molecule has 0 radical (unpaired) electrons. The van der Waals surface area contributed by atoms with Gasteiger partial charge in [-0.2, -0.15) is 0 Å². The van der Waals surface area contributed by atoms with Gasteiger partial charge in [-0.3, -0.25) is 4.79 Å². The molecule has 1 aromatic carbocycles. The van der Waals surface area contributed by atoms with Crippen LogP contribution in [0.4, 0.5) is 11.4 Å². The van der Waals surface area contributed by atoms with E-state index in [9.17, 15) is 4.79 Å². The predicted molar refractivity (Wildman–Crippen MR) is 72.0 cm³/mol. The highest BCUT2D eigenvalue weighted by Crippen LogP contribution is 2.19. The van der Waals surface area contributed by atoms with E-state index in [0.29, 0.717) is 0 Å². The minimum absolute atomic E-state index is 0.0284. The summed E-state index contributed by atoms with van der Waals surface area (Å²) in [6.45, 7) is 8.05. The maximum absolute atomic E-state index is 11.6. The van der Waals surface area contributed by atoms with Gasteiger partial charge < -0.3 is 16.4 Å². The fourth-order valence-electron chi connectivity index (χ4n) is 1.48. The quantitative estimate of drug-likeness (QED) is 0.701. The summed E-state index contributed by atoms with van der Waals surface area (Å²) in [4.78, 5) is 11.6. The van der Waals surface area contributed by atoms with Crippen molar-refractivity contribution in [2.75, 3.05) is 17.6 Å². The van der Waals surface area contributed by atoms with Crippen LogP contribution in [0.1, 0.15) is 26.3 Å². The zero-order chi connectivity index (χ0) is 13.1. The molecule has 0 saturated heterocycles. The third kappa shape index (κ3) is 4.34. The third-order valence-electron chi connectivity index (χ3n) is 2.33.